The Bertz CT molecular complexity index is 293. The van der Waals surface area contributed by atoms with Gasteiger partial charge in [-0.05, 0) is 32.4 Å². The zero-order valence-corrected chi connectivity index (χ0v) is 10.5. The predicted molar refractivity (Wildman–Crippen MR) is 66.0 cm³/mol. The van der Waals surface area contributed by atoms with Gasteiger partial charge in [0, 0.05) is 19.0 Å². The summed E-state index contributed by atoms with van der Waals surface area (Å²) in [5.74, 6) is -0.0267. The summed E-state index contributed by atoms with van der Waals surface area (Å²) in [7, 11) is 0. The molecule has 0 aliphatic carbocycles. The van der Waals surface area contributed by atoms with E-state index < -0.39 is 0 Å². The molecule has 0 saturated carbocycles. The summed E-state index contributed by atoms with van der Waals surface area (Å²) in [6.45, 7) is 2.56. The Balaban J connectivity index is 1.61. The second kappa shape index (κ2) is 6.70. The Morgan fingerprint density at radius 2 is 2.11 bits per heavy atom. The molecular formula is C12H21N3O3. The summed E-state index contributed by atoms with van der Waals surface area (Å²) in [5.41, 5.74) is 0. The summed E-state index contributed by atoms with van der Waals surface area (Å²) in [4.78, 5) is 22.6. The normalized spacial score (nSPS) is 25.6. The first kappa shape index (κ1) is 13.3. The van der Waals surface area contributed by atoms with Gasteiger partial charge in [-0.25, -0.2) is 0 Å². The van der Waals surface area contributed by atoms with Gasteiger partial charge in [0.05, 0.1) is 6.10 Å². The fourth-order valence-electron chi connectivity index (χ4n) is 2.28. The number of ether oxygens (including phenoxy) is 1. The summed E-state index contributed by atoms with van der Waals surface area (Å²) in [5, 5.41) is 8.88. The van der Waals surface area contributed by atoms with E-state index in [0.717, 1.165) is 25.9 Å². The molecule has 0 aromatic rings. The van der Waals surface area contributed by atoms with E-state index in [4.69, 9.17) is 4.74 Å². The van der Waals surface area contributed by atoms with E-state index in [0.29, 0.717) is 19.4 Å². The van der Waals surface area contributed by atoms with Crippen LogP contribution >= 0.6 is 0 Å². The monoisotopic (exact) mass is 255 g/mol. The standard InChI is InChI=1S/C12H21N3O3/c16-11-2-1-9(7-14-11)15-12(17)8-18-10-3-5-13-6-4-10/h9-10,13H,1-8H2,(H,14,16)(H,15,17). The van der Waals surface area contributed by atoms with Crippen molar-refractivity contribution >= 4 is 11.8 Å². The average Bonchev–Trinajstić information content (AvgIpc) is 2.40. The minimum absolute atomic E-state index is 0.0480. The van der Waals surface area contributed by atoms with Crippen molar-refractivity contribution in [2.24, 2.45) is 0 Å². The van der Waals surface area contributed by atoms with Crippen LogP contribution in [0.5, 0.6) is 0 Å². The topological polar surface area (TPSA) is 79.5 Å². The molecule has 1 unspecified atom stereocenters. The van der Waals surface area contributed by atoms with Gasteiger partial charge in [-0.15, -0.1) is 0 Å². The number of piperidine rings is 2. The minimum Gasteiger partial charge on any atom is -0.368 e. The number of carbonyl (C=O) groups excluding carboxylic acids is 2. The van der Waals surface area contributed by atoms with Gasteiger partial charge in [0.1, 0.15) is 6.61 Å². The van der Waals surface area contributed by atoms with E-state index in [1.165, 1.54) is 0 Å². The average molecular weight is 255 g/mol. The minimum atomic E-state index is -0.0883. The van der Waals surface area contributed by atoms with Crippen molar-refractivity contribution in [2.45, 2.75) is 37.8 Å². The summed E-state index contributed by atoms with van der Waals surface area (Å²) in [6, 6.07) is 0.0480. The molecule has 0 radical (unpaired) electrons. The summed E-state index contributed by atoms with van der Waals surface area (Å²) < 4.78 is 5.57. The van der Waals surface area contributed by atoms with Gasteiger partial charge in [-0.3, -0.25) is 9.59 Å². The van der Waals surface area contributed by atoms with Crippen LogP contribution < -0.4 is 16.0 Å². The van der Waals surface area contributed by atoms with E-state index >= 15 is 0 Å². The van der Waals surface area contributed by atoms with Crippen LogP contribution in [-0.2, 0) is 14.3 Å². The fourth-order valence-corrected chi connectivity index (χ4v) is 2.28. The van der Waals surface area contributed by atoms with Crippen LogP contribution in [0.1, 0.15) is 25.7 Å². The maximum absolute atomic E-state index is 11.7. The fraction of sp³-hybridized carbons (Fsp3) is 0.833. The van der Waals surface area contributed by atoms with Gasteiger partial charge >= 0.3 is 0 Å². The molecular weight excluding hydrogens is 234 g/mol. The molecule has 2 amide bonds. The van der Waals surface area contributed by atoms with Crippen LogP contribution in [0.2, 0.25) is 0 Å². The highest BCUT2D eigenvalue weighted by Crippen LogP contribution is 2.07. The first-order valence-electron chi connectivity index (χ1n) is 6.62. The maximum Gasteiger partial charge on any atom is 0.246 e. The molecule has 0 spiro atoms. The van der Waals surface area contributed by atoms with Crippen molar-refractivity contribution in [3.8, 4) is 0 Å². The largest absolute Gasteiger partial charge is 0.368 e. The molecule has 2 fully saturated rings. The van der Waals surface area contributed by atoms with Crippen molar-refractivity contribution in [1.82, 2.24) is 16.0 Å². The van der Waals surface area contributed by atoms with Crippen LogP contribution in [0, 0.1) is 0 Å². The van der Waals surface area contributed by atoms with Crippen molar-refractivity contribution in [3.63, 3.8) is 0 Å². The lowest BCUT2D eigenvalue weighted by Gasteiger charge is -2.25. The Hall–Kier alpha value is -1.14. The number of carbonyl (C=O) groups is 2. The Morgan fingerprint density at radius 3 is 2.78 bits per heavy atom. The highest BCUT2D eigenvalue weighted by Gasteiger charge is 2.20. The van der Waals surface area contributed by atoms with Crippen LogP contribution in [0.25, 0.3) is 0 Å². The molecule has 6 heteroatoms. The smallest absolute Gasteiger partial charge is 0.246 e. The number of hydrogen-bond donors (Lipinski definition) is 3. The van der Waals surface area contributed by atoms with E-state index in [9.17, 15) is 9.59 Å². The third-order valence-electron chi connectivity index (χ3n) is 3.37. The highest BCUT2D eigenvalue weighted by molar-refractivity contribution is 5.79. The first-order valence-corrected chi connectivity index (χ1v) is 6.62. The lowest BCUT2D eigenvalue weighted by atomic mass is 10.1. The Kier molecular flexibility index (Phi) is 4.95. The third-order valence-corrected chi connectivity index (χ3v) is 3.37. The summed E-state index contributed by atoms with van der Waals surface area (Å²) >= 11 is 0. The zero-order chi connectivity index (χ0) is 12.8. The Morgan fingerprint density at radius 1 is 1.33 bits per heavy atom. The molecule has 2 aliphatic heterocycles. The van der Waals surface area contributed by atoms with Crippen molar-refractivity contribution < 1.29 is 14.3 Å². The molecule has 6 nitrogen and oxygen atoms in total. The number of amides is 2. The Labute approximate surface area is 107 Å². The SMILES string of the molecule is O=C1CCC(NC(=O)COC2CCNCC2)CN1. The molecule has 0 aromatic heterocycles. The molecule has 2 aliphatic rings. The molecule has 0 bridgehead atoms. The van der Waals surface area contributed by atoms with Crippen molar-refractivity contribution in [3.05, 3.63) is 0 Å². The number of rotatable bonds is 4. The highest BCUT2D eigenvalue weighted by atomic mass is 16.5. The van der Waals surface area contributed by atoms with Crippen LogP contribution in [-0.4, -0.2) is 50.2 Å². The lowest BCUT2D eigenvalue weighted by molar-refractivity contribution is -0.130. The van der Waals surface area contributed by atoms with Gasteiger partial charge in [-0.1, -0.05) is 0 Å². The third kappa shape index (κ3) is 4.27. The number of hydrogen-bond acceptors (Lipinski definition) is 4. The second-order valence-corrected chi connectivity index (χ2v) is 4.87. The van der Waals surface area contributed by atoms with E-state index in [1.807, 2.05) is 0 Å². The molecule has 2 heterocycles. The van der Waals surface area contributed by atoms with Crippen molar-refractivity contribution in [2.75, 3.05) is 26.2 Å². The quantitative estimate of drug-likeness (QED) is 0.611. The molecule has 2 saturated heterocycles. The predicted octanol–water partition coefficient (Wildman–Crippen LogP) is -0.850. The summed E-state index contributed by atoms with van der Waals surface area (Å²) in [6.07, 6.45) is 3.33. The van der Waals surface area contributed by atoms with Gasteiger partial charge in [0.25, 0.3) is 0 Å². The molecule has 2 rings (SSSR count). The number of nitrogens with one attached hydrogen (secondary N) is 3. The molecule has 3 N–H and O–H groups in total. The van der Waals surface area contributed by atoms with Gasteiger partial charge in [-0.2, -0.15) is 0 Å². The van der Waals surface area contributed by atoms with E-state index in [-0.39, 0.29) is 30.6 Å². The van der Waals surface area contributed by atoms with Crippen LogP contribution in [0.4, 0.5) is 0 Å². The molecule has 1 atom stereocenters. The second-order valence-electron chi connectivity index (χ2n) is 4.87. The van der Waals surface area contributed by atoms with Gasteiger partial charge in [0.2, 0.25) is 11.8 Å². The molecule has 0 aromatic carbocycles. The van der Waals surface area contributed by atoms with Crippen molar-refractivity contribution in [1.29, 1.82) is 0 Å². The maximum atomic E-state index is 11.7. The van der Waals surface area contributed by atoms with E-state index in [1.54, 1.807) is 0 Å². The van der Waals surface area contributed by atoms with Crippen LogP contribution in [0.15, 0.2) is 0 Å². The van der Waals surface area contributed by atoms with Crippen LogP contribution in [0.3, 0.4) is 0 Å². The molecule has 18 heavy (non-hydrogen) atoms. The molecule has 102 valence electrons. The lowest BCUT2D eigenvalue weighted by Crippen LogP contribution is -2.49. The van der Waals surface area contributed by atoms with Gasteiger partial charge in [0.15, 0.2) is 0 Å². The zero-order valence-electron chi connectivity index (χ0n) is 10.5. The van der Waals surface area contributed by atoms with E-state index in [2.05, 4.69) is 16.0 Å². The first-order chi connectivity index (χ1) is 8.74. The van der Waals surface area contributed by atoms with Gasteiger partial charge < -0.3 is 20.7 Å².